The van der Waals surface area contributed by atoms with Crippen molar-refractivity contribution < 1.29 is 31.2 Å². The van der Waals surface area contributed by atoms with E-state index in [-0.39, 0.29) is 59.6 Å². The summed E-state index contributed by atoms with van der Waals surface area (Å²) < 4.78 is 64.5. The average molecular weight is 638 g/mol. The number of anilines is 3. The summed E-state index contributed by atoms with van der Waals surface area (Å²) in [4.78, 5) is 30.8. The number of aryl methyl sites for hydroxylation is 1. The van der Waals surface area contributed by atoms with Crippen LogP contribution in [0.4, 0.5) is 29.7 Å². The Morgan fingerprint density at radius 3 is 2.49 bits per heavy atom. The molecule has 1 saturated heterocycles. The lowest BCUT2D eigenvalue weighted by molar-refractivity contribution is -0.137. The second-order valence-electron chi connectivity index (χ2n) is 10.0. The van der Waals surface area contributed by atoms with Crippen LogP contribution in [-0.2, 0) is 27.4 Å². The van der Waals surface area contributed by atoms with E-state index in [9.17, 15) is 31.2 Å². The Balaban J connectivity index is 1.54. The molecule has 43 heavy (non-hydrogen) atoms. The first-order valence-corrected chi connectivity index (χ1v) is 15.5. The first-order chi connectivity index (χ1) is 20.1. The van der Waals surface area contributed by atoms with E-state index in [2.05, 4.69) is 15.6 Å². The van der Waals surface area contributed by atoms with Crippen LogP contribution in [0.1, 0.15) is 38.8 Å². The summed E-state index contributed by atoms with van der Waals surface area (Å²) in [6.07, 6.45) is -1.77. The molecule has 1 aliphatic rings. The van der Waals surface area contributed by atoms with Gasteiger partial charge in [0.05, 0.1) is 33.3 Å². The van der Waals surface area contributed by atoms with E-state index in [1.165, 1.54) is 42.5 Å². The highest BCUT2D eigenvalue weighted by Crippen LogP contribution is 2.33. The molecular formula is C27H30F3N7O4S2. The van der Waals surface area contributed by atoms with Crippen molar-refractivity contribution in [3.63, 3.8) is 0 Å². The molecule has 16 heteroatoms. The molecule has 4 rings (SSSR count). The monoisotopic (exact) mass is 637 g/mol. The standard InChI is InChI=1S/C27H30F3N7O4S2/c1-16-3-4-19(11-23(16)37(32)15-22(31)24-13-33-26(42-24)34-17(2)38)25(39)35-21-10-18(9-20(12-21)27(28,29)30)14-36-5-7-43(40,41)8-6-36/h3-4,9-13,15H,5-8,14,31-32H2,1-2H3,(H,35,39)(H,33,34,38)/b22-15-. The van der Waals surface area contributed by atoms with Crippen LogP contribution in [0, 0.1) is 6.92 Å². The van der Waals surface area contributed by atoms with Gasteiger partial charge in [-0.15, -0.1) is 0 Å². The van der Waals surface area contributed by atoms with Crippen molar-refractivity contribution in [3.05, 3.63) is 75.9 Å². The van der Waals surface area contributed by atoms with Crippen molar-refractivity contribution >= 4 is 55.2 Å². The summed E-state index contributed by atoms with van der Waals surface area (Å²) in [5, 5.41) is 6.67. The minimum absolute atomic E-state index is 0.0597. The fourth-order valence-corrected chi connectivity index (χ4v) is 6.38. The highest BCUT2D eigenvalue weighted by Gasteiger charge is 2.32. The third-order valence-corrected chi connectivity index (χ3v) is 9.09. The predicted octanol–water partition coefficient (Wildman–Crippen LogP) is 3.55. The van der Waals surface area contributed by atoms with E-state index in [0.29, 0.717) is 21.3 Å². The third-order valence-electron chi connectivity index (χ3n) is 6.52. The lowest BCUT2D eigenvalue weighted by Crippen LogP contribution is -2.39. The van der Waals surface area contributed by atoms with Crippen molar-refractivity contribution in [3.8, 4) is 0 Å². The first kappa shape index (κ1) is 31.9. The molecule has 11 nitrogen and oxygen atoms in total. The number of benzene rings is 2. The molecule has 0 unspecified atom stereocenters. The highest BCUT2D eigenvalue weighted by atomic mass is 32.2. The van der Waals surface area contributed by atoms with Gasteiger partial charge in [0.15, 0.2) is 15.0 Å². The topological polar surface area (TPSA) is 164 Å². The van der Waals surface area contributed by atoms with Gasteiger partial charge in [-0.05, 0) is 48.4 Å². The third kappa shape index (κ3) is 8.53. The Bertz CT molecular complexity index is 1660. The van der Waals surface area contributed by atoms with Crippen molar-refractivity contribution in [1.29, 1.82) is 0 Å². The Labute approximate surface area is 250 Å². The lowest BCUT2D eigenvalue weighted by Gasteiger charge is -2.27. The zero-order valence-corrected chi connectivity index (χ0v) is 24.9. The minimum Gasteiger partial charge on any atom is -0.396 e. The Morgan fingerprint density at radius 2 is 1.84 bits per heavy atom. The maximum absolute atomic E-state index is 13.7. The van der Waals surface area contributed by atoms with Gasteiger partial charge in [0.25, 0.3) is 5.91 Å². The number of hydrogen-bond acceptors (Lipinski definition) is 10. The number of sulfone groups is 1. The number of halogens is 3. The number of carbonyl (C=O) groups is 2. The van der Waals surface area contributed by atoms with Crippen LogP contribution in [-0.4, -0.2) is 54.7 Å². The van der Waals surface area contributed by atoms with Crippen LogP contribution in [0.5, 0.6) is 0 Å². The van der Waals surface area contributed by atoms with Gasteiger partial charge in [0, 0.05) is 50.2 Å². The van der Waals surface area contributed by atoms with Crippen molar-refractivity contribution in [2.45, 2.75) is 26.6 Å². The normalized spacial score (nSPS) is 15.6. The number of hydrazine groups is 1. The first-order valence-electron chi connectivity index (χ1n) is 12.9. The van der Waals surface area contributed by atoms with E-state index in [0.717, 1.165) is 23.5 Å². The zero-order valence-electron chi connectivity index (χ0n) is 23.2. The number of nitrogens with one attached hydrogen (secondary N) is 2. The minimum atomic E-state index is -4.66. The molecule has 1 aromatic heterocycles. The van der Waals surface area contributed by atoms with Crippen molar-refractivity contribution in [2.24, 2.45) is 11.6 Å². The van der Waals surface area contributed by atoms with Crippen LogP contribution in [0.25, 0.3) is 5.70 Å². The summed E-state index contributed by atoms with van der Waals surface area (Å²) in [6, 6.07) is 7.91. The maximum atomic E-state index is 13.7. The van der Waals surface area contributed by atoms with Crippen LogP contribution in [0.2, 0.25) is 0 Å². The fraction of sp³-hybridized carbons (Fsp3) is 0.296. The molecule has 230 valence electrons. The largest absolute Gasteiger partial charge is 0.416 e. The number of nitrogens with two attached hydrogens (primary N) is 2. The molecule has 6 N–H and O–H groups in total. The molecule has 0 radical (unpaired) electrons. The summed E-state index contributed by atoms with van der Waals surface area (Å²) in [5.74, 6) is 5.16. The van der Waals surface area contributed by atoms with Gasteiger partial charge in [-0.2, -0.15) is 13.2 Å². The smallest absolute Gasteiger partial charge is 0.396 e. The summed E-state index contributed by atoms with van der Waals surface area (Å²) in [7, 11) is -3.15. The van der Waals surface area contributed by atoms with Crippen LogP contribution >= 0.6 is 11.3 Å². The highest BCUT2D eigenvalue weighted by molar-refractivity contribution is 7.91. The summed E-state index contributed by atoms with van der Waals surface area (Å²) in [5.41, 5.74) is 6.93. The molecule has 1 fully saturated rings. The Morgan fingerprint density at radius 1 is 1.14 bits per heavy atom. The molecule has 0 spiro atoms. The second kappa shape index (κ2) is 12.7. The molecule has 0 atom stereocenters. The molecule has 3 aromatic rings. The van der Waals surface area contributed by atoms with E-state index in [1.54, 1.807) is 17.9 Å². The van der Waals surface area contributed by atoms with Gasteiger partial charge in [0.2, 0.25) is 5.91 Å². The van der Waals surface area contributed by atoms with Gasteiger partial charge >= 0.3 is 6.18 Å². The molecular weight excluding hydrogens is 607 g/mol. The number of alkyl halides is 3. The maximum Gasteiger partial charge on any atom is 0.416 e. The number of carbonyl (C=O) groups excluding carboxylic acids is 2. The molecule has 0 aliphatic carbocycles. The number of thiazole rings is 1. The molecule has 2 amide bonds. The van der Waals surface area contributed by atoms with E-state index < -0.39 is 27.5 Å². The van der Waals surface area contributed by atoms with Crippen molar-refractivity contribution in [2.75, 3.05) is 40.2 Å². The van der Waals surface area contributed by atoms with E-state index >= 15 is 0 Å². The summed E-state index contributed by atoms with van der Waals surface area (Å²) in [6.45, 7) is 3.62. The van der Waals surface area contributed by atoms with Crippen molar-refractivity contribution in [1.82, 2.24) is 9.88 Å². The van der Waals surface area contributed by atoms with E-state index in [4.69, 9.17) is 11.6 Å². The number of nitrogens with zero attached hydrogens (tertiary/aromatic N) is 3. The van der Waals surface area contributed by atoms with Gasteiger partial charge in [-0.3, -0.25) is 19.5 Å². The Hall–Kier alpha value is -3.99. The molecule has 0 bridgehead atoms. The number of rotatable bonds is 8. The SMILES string of the molecule is CC(=O)Nc1ncc(/C(N)=C/N(N)c2cc(C(=O)Nc3cc(CN4CCS(=O)(=O)CC4)cc(C(F)(F)F)c3)ccc2C)s1. The van der Waals surface area contributed by atoms with Crippen LogP contribution < -0.4 is 27.2 Å². The molecule has 2 aromatic carbocycles. The predicted molar refractivity (Wildman–Crippen MR) is 160 cm³/mol. The fourth-order valence-electron chi connectivity index (χ4n) is 4.32. The Kier molecular flexibility index (Phi) is 9.44. The van der Waals surface area contributed by atoms with Gasteiger partial charge in [-0.1, -0.05) is 17.4 Å². The van der Waals surface area contributed by atoms with E-state index in [1.807, 2.05) is 0 Å². The summed E-state index contributed by atoms with van der Waals surface area (Å²) >= 11 is 1.14. The van der Waals surface area contributed by atoms with Crippen LogP contribution in [0.15, 0.2) is 48.8 Å². The molecule has 1 aliphatic heterocycles. The van der Waals surface area contributed by atoms with Gasteiger partial charge < -0.3 is 16.4 Å². The van der Waals surface area contributed by atoms with Crippen LogP contribution in [0.3, 0.4) is 0 Å². The lowest BCUT2D eigenvalue weighted by atomic mass is 10.1. The molecule has 2 heterocycles. The zero-order chi connectivity index (χ0) is 31.5. The average Bonchev–Trinajstić information content (AvgIpc) is 3.37. The molecule has 0 saturated carbocycles. The van der Waals surface area contributed by atoms with Gasteiger partial charge in [-0.25, -0.2) is 19.2 Å². The quantitative estimate of drug-likeness (QED) is 0.214. The number of aromatic nitrogens is 1. The second-order valence-corrected chi connectivity index (χ2v) is 13.3. The number of hydrogen-bond donors (Lipinski definition) is 4. The number of amides is 2. The van der Waals surface area contributed by atoms with Gasteiger partial charge in [0.1, 0.15) is 0 Å².